The summed E-state index contributed by atoms with van der Waals surface area (Å²) in [5.41, 5.74) is 2.12. The van der Waals surface area contributed by atoms with Gasteiger partial charge in [-0.3, -0.25) is 4.79 Å². The fraction of sp³-hybridized carbons (Fsp3) is 0.500. The molecule has 1 saturated heterocycles. The lowest BCUT2D eigenvalue weighted by molar-refractivity contribution is 0.0746. The number of rotatable bonds is 5. The van der Waals surface area contributed by atoms with Gasteiger partial charge in [-0.05, 0) is 55.9 Å². The van der Waals surface area contributed by atoms with Crippen LogP contribution in [0.5, 0.6) is 11.5 Å². The predicted molar refractivity (Wildman–Crippen MR) is 133 cm³/mol. The molecule has 34 heavy (non-hydrogen) atoms. The van der Waals surface area contributed by atoms with Crippen LogP contribution in [-0.2, 0) is 19.3 Å². The number of benzene rings is 1. The van der Waals surface area contributed by atoms with E-state index in [4.69, 9.17) is 19.4 Å². The first-order chi connectivity index (χ1) is 16.7. The minimum atomic E-state index is 0.0438. The highest BCUT2D eigenvalue weighted by molar-refractivity contribution is 7.19. The number of ether oxygens (including phenoxy) is 2. The third-order valence-electron chi connectivity index (χ3n) is 7.08. The molecule has 178 valence electrons. The van der Waals surface area contributed by atoms with Crippen molar-refractivity contribution in [2.24, 2.45) is 0 Å². The topological polar surface area (TPSA) is 67.8 Å². The lowest BCUT2D eigenvalue weighted by Gasteiger charge is -2.36. The van der Waals surface area contributed by atoms with Gasteiger partial charge in [0.25, 0.3) is 5.91 Å². The monoisotopic (exact) mass is 478 g/mol. The third kappa shape index (κ3) is 3.87. The van der Waals surface area contributed by atoms with Crippen LogP contribution in [0, 0.1) is 0 Å². The van der Waals surface area contributed by atoms with Crippen molar-refractivity contribution < 1.29 is 14.3 Å². The summed E-state index contributed by atoms with van der Waals surface area (Å²) in [6, 6.07) is 5.44. The maximum atomic E-state index is 13.2. The van der Waals surface area contributed by atoms with Crippen molar-refractivity contribution >= 4 is 33.3 Å². The van der Waals surface area contributed by atoms with Gasteiger partial charge in [-0.2, -0.15) is 0 Å². The number of carbonyl (C=O) groups is 1. The predicted octanol–water partition coefficient (Wildman–Crippen LogP) is 4.60. The summed E-state index contributed by atoms with van der Waals surface area (Å²) in [4.78, 5) is 30.2. The second-order valence-electron chi connectivity index (χ2n) is 9.31. The molecule has 1 aromatic carbocycles. The van der Waals surface area contributed by atoms with Gasteiger partial charge in [0.05, 0.1) is 5.39 Å². The Hall–Kier alpha value is -2.87. The van der Waals surface area contributed by atoms with Crippen LogP contribution in [0.1, 0.15) is 59.2 Å². The van der Waals surface area contributed by atoms with Crippen molar-refractivity contribution in [1.82, 2.24) is 14.9 Å². The molecule has 0 atom stereocenters. The van der Waals surface area contributed by atoms with E-state index in [0.717, 1.165) is 61.7 Å². The molecule has 2 aromatic heterocycles. The number of anilines is 1. The zero-order chi connectivity index (χ0) is 23.1. The first-order valence-corrected chi connectivity index (χ1v) is 13.3. The minimum absolute atomic E-state index is 0.0438. The average Bonchev–Trinajstić information content (AvgIpc) is 3.50. The standard InChI is InChI=1S/C26H30N4O3S/c1-2-3-8-22-27-24(23-18-6-4-5-7-21(18)34-25(23)28-22)29-11-13-30(14-12-29)26(31)17-9-10-19-20(15-17)33-16-32-19/h9-10,15H,2-8,11-14,16H2,1H3. The maximum absolute atomic E-state index is 13.2. The van der Waals surface area contributed by atoms with Crippen LogP contribution in [0.3, 0.4) is 0 Å². The Kier molecular flexibility index (Phi) is 5.77. The number of carbonyl (C=O) groups excluding carboxylic acids is 1. The number of unbranched alkanes of at least 4 members (excludes halogenated alkanes) is 1. The van der Waals surface area contributed by atoms with Gasteiger partial charge in [0.1, 0.15) is 16.5 Å². The first kappa shape index (κ1) is 21.6. The molecular weight excluding hydrogens is 448 g/mol. The molecule has 4 heterocycles. The highest BCUT2D eigenvalue weighted by Gasteiger charge is 2.28. The van der Waals surface area contributed by atoms with Crippen molar-refractivity contribution in [2.45, 2.75) is 51.9 Å². The second-order valence-corrected chi connectivity index (χ2v) is 10.4. The molecule has 2 aliphatic heterocycles. The average molecular weight is 479 g/mol. The van der Waals surface area contributed by atoms with Crippen molar-refractivity contribution in [3.63, 3.8) is 0 Å². The van der Waals surface area contributed by atoms with Crippen LogP contribution in [-0.4, -0.2) is 53.7 Å². The Labute approximate surface area is 203 Å². The molecule has 1 fully saturated rings. The Morgan fingerprint density at radius 1 is 1.06 bits per heavy atom. The summed E-state index contributed by atoms with van der Waals surface area (Å²) < 4.78 is 10.8. The van der Waals surface area contributed by atoms with Gasteiger partial charge in [0.15, 0.2) is 11.5 Å². The van der Waals surface area contributed by atoms with E-state index in [0.29, 0.717) is 30.2 Å². The quantitative estimate of drug-likeness (QED) is 0.534. The van der Waals surface area contributed by atoms with Crippen LogP contribution in [0.2, 0.25) is 0 Å². The minimum Gasteiger partial charge on any atom is -0.454 e. The van der Waals surface area contributed by atoms with Gasteiger partial charge in [-0.1, -0.05) is 13.3 Å². The molecule has 6 rings (SSSR count). The Morgan fingerprint density at radius 3 is 2.74 bits per heavy atom. The number of hydrogen-bond acceptors (Lipinski definition) is 7. The molecular formula is C26H30N4O3S. The number of thiophene rings is 1. The molecule has 3 aromatic rings. The van der Waals surface area contributed by atoms with E-state index in [-0.39, 0.29) is 12.7 Å². The van der Waals surface area contributed by atoms with E-state index >= 15 is 0 Å². The Balaban J connectivity index is 1.25. The Bertz CT molecular complexity index is 1230. The van der Waals surface area contributed by atoms with E-state index in [2.05, 4.69) is 11.8 Å². The van der Waals surface area contributed by atoms with Crippen LogP contribution < -0.4 is 14.4 Å². The summed E-state index contributed by atoms with van der Waals surface area (Å²) in [7, 11) is 0. The molecule has 0 saturated carbocycles. The summed E-state index contributed by atoms with van der Waals surface area (Å²) in [5.74, 6) is 3.44. The van der Waals surface area contributed by atoms with E-state index in [1.807, 2.05) is 28.4 Å². The summed E-state index contributed by atoms with van der Waals surface area (Å²) >= 11 is 1.87. The lowest BCUT2D eigenvalue weighted by atomic mass is 9.96. The molecule has 0 N–H and O–H groups in total. The van der Waals surface area contributed by atoms with E-state index in [1.54, 1.807) is 6.07 Å². The lowest BCUT2D eigenvalue weighted by Crippen LogP contribution is -2.49. The van der Waals surface area contributed by atoms with Gasteiger partial charge in [-0.15, -0.1) is 11.3 Å². The second kappa shape index (κ2) is 9.06. The van der Waals surface area contributed by atoms with Gasteiger partial charge in [0, 0.05) is 43.0 Å². The van der Waals surface area contributed by atoms with Crippen molar-refractivity contribution in [3.05, 3.63) is 40.0 Å². The molecule has 0 spiro atoms. The molecule has 1 aliphatic carbocycles. The fourth-order valence-corrected chi connectivity index (χ4v) is 6.46. The van der Waals surface area contributed by atoms with Crippen molar-refractivity contribution in [2.75, 3.05) is 37.9 Å². The van der Waals surface area contributed by atoms with Crippen LogP contribution in [0.4, 0.5) is 5.82 Å². The number of nitrogens with zero attached hydrogens (tertiary/aromatic N) is 4. The zero-order valence-corrected chi connectivity index (χ0v) is 20.5. The largest absolute Gasteiger partial charge is 0.454 e. The highest BCUT2D eigenvalue weighted by atomic mass is 32.1. The fourth-order valence-electron chi connectivity index (χ4n) is 5.19. The zero-order valence-electron chi connectivity index (χ0n) is 19.6. The highest BCUT2D eigenvalue weighted by Crippen LogP contribution is 2.40. The number of fused-ring (bicyclic) bond motifs is 4. The Morgan fingerprint density at radius 2 is 1.88 bits per heavy atom. The summed E-state index contributed by atoms with van der Waals surface area (Å²) in [5, 5.41) is 1.27. The van der Waals surface area contributed by atoms with Crippen LogP contribution in [0.25, 0.3) is 10.2 Å². The molecule has 3 aliphatic rings. The van der Waals surface area contributed by atoms with Crippen LogP contribution in [0.15, 0.2) is 18.2 Å². The van der Waals surface area contributed by atoms with Crippen molar-refractivity contribution in [3.8, 4) is 11.5 Å². The van der Waals surface area contributed by atoms with E-state index < -0.39 is 0 Å². The number of aromatic nitrogens is 2. The van der Waals surface area contributed by atoms with Gasteiger partial charge in [-0.25, -0.2) is 9.97 Å². The smallest absolute Gasteiger partial charge is 0.254 e. The van der Waals surface area contributed by atoms with E-state index in [1.165, 1.54) is 28.7 Å². The normalized spacial score (nSPS) is 17.3. The van der Waals surface area contributed by atoms with Crippen LogP contribution >= 0.6 is 11.3 Å². The van der Waals surface area contributed by atoms with Crippen molar-refractivity contribution in [1.29, 1.82) is 0 Å². The maximum Gasteiger partial charge on any atom is 0.254 e. The number of aryl methyl sites for hydroxylation is 3. The summed E-state index contributed by atoms with van der Waals surface area (Å²) in [6.07, 6.45) is 7.97. The molecule has 0 bridgehead atoms. The SMILES string of the molecule is CCCCc1nc(N2CCN(C(=O)c3ccc4c(c3)OCO4)CC2)c2c3c(sc2n1)CCCC3. The summed E-state index contributed by atoms with van der Waals surface area (Å²) in [6.45, 7) is 5.33. The van der Waals surface area contributed by atoms with Gasteiger partial charge >= 0.3 is 0 Å². The number of amides is 1. The van der Waals surface area contributed by atoms with E-state index in [9.17, 15) is 4.79 Å². The molecule has 8 heteroatoms. The molecule has 0 radical (unpaired) electrons. The van der Waals surface area contributed by atoms with Gasteiger partial charge in [0.2, 0.25) is 6.79 Å². The van der Waals surface area contributed by atoms with Gasteiger partial charge < -0.3 is 19.3 Å². The third-order valence-corrected chi connectivity index (χ3v) is 8.27. The number of hydrogen-bond donors (Lipinski definition) is 0. The molecule has 0 unspecified atom stereocenters. The first-order valence-electron chi connectivity index (χ1n) is 12.5. The number of piperazine rings is 1. The molecule has 7 nitrogen and oxygen atoms in total. The molecule has 1 amide bonds.